The molecule has 22 heavy (non-hydrogen) atoms. The highest BCUT2D eigenvalue weighted by molar-refractivity contribution is 7.89. The van der Waals surface area contributed by atoms with E-state index in [1.54, 1.807) is 24.3 Å². The molecule has 0 aliphatic heterocycles. The summed E-state index contributed by atoms with van der Waals surface area (Å²) < 4.78 is 26.7. The molecule has 0 aliphatic rings. The summed E-state index contributed by atoms with van der Waals surface area (Å²) in [5.74, 6) is 0. The molecule has 0 atom stereocenters. The number of rotatable bonds is 7. The first kappa shape index (κ1) is 16.5. The van der Waals surface area contributed by atoms with Gasteiger partial charge < -0.3 is 4.98 Å². The van der Waals surface area contributed by atoms with Crippen molar-refractivity contribution in [3.8, 4) is 0 Å². The standard InChI is InChI=1S/C16H20N2O3S/c1-2-3-7-14-11-10-13(16(19)18-14)12-17-22(20,21)15-8-5-4-6-9-15/h4-6,8-11,17H,2-3,7,12H2,1H3,(H,18,19). The van der Waals surface area contributed by atoms with Crippen molar-refractivity contribution in [1.29, 1.82) is 0 Å². The van der Waals surface area contributed by atoms with E-state index in [1.165, 1.54) is 12.1 Å². The number of H-pyrrole nitrogens is 1. The van der Waals surface area contributed by atoms with E-state index in [4.69, 9.17) is 0 Å². The summed E-state index contributed by atoms with van der Waals surface area (Å²) in [6, 6.07) is 11.6. The Labute approximate surface area is 130 Å². The molecule has 0 amide bonds. The van der Waals surface area contributed by atoms with Crippen molar-refractivity contribution in [2.24, 2.45) is 0 Å². The second-order valence-electron chi connectivity index (χ2n) is 5.08. The Morgan fingerprint density at radius 3 is 2.45 bits per heavy atom. The zero-order valence-corrected chi connectivity index (χ0v) is 13.3. The Kier molecular flexibility index (Phi) is 5.51. The van der Waals surface area contributed by atoms with Gasteiger partial charge in [0.15, 0.2) is 0 Å². The van der Waals surface area contributed by atoms with E-state index >= 15 is 0 Å². The first-order chi connectivity index (χ1) is 10.5. The Morgan fingerprint density at radius 2 is 1.82 bits per heavy atom. The zero-order chi connectivity index (χ0) is 16.0. The van der Waals surface area contributed by atoms with Gasteiger partial charge in [0.05, 0.1) is 4.90 Å². The molecule has 1 aromatic heterocycles. The molecule has 0 saturated carbocycles. The van der Waals surface area contributed by atoms with E-state index in [2.05, 4.69) is 16.6 Å². The van der Waals surface area contributed by atoms with Gasteiger partial charge in [-0.15, -0.1) is 0 Å². The molecule has 1 heterocycles. The molecule has 1 aromatic carbocycles. The van der Waals surface area contributed by atoms with Crippen LogP contribution in [0, 0.1) is 0 Å². The molecule has 5 nitrogen and oxygen atoms in total. The maximum absolute atomic E-state index is 12.1. The van der Waals surface area contributed by atoms with Crippen molar-refractivity contribution in [1.82, 2.24) is 9.71 Å². The van der Waals surface area contributed by atoms with E-state index in [0.717, 1.165) is 25.0 Å². The van der Waals surface area contributed by atoms with Crippen LogP contribution in [0.3, 0.4) is 0 Å². The van der Waals surface area contributed by atoms with Gasteiger partial charge in [0.2, 0.25) is 10.0 Å². The van der Waals surface area contributed by atoms with Crippen LogP contribution in [0.2, 0.25) is 0 Å². The Hall–Kier alpha value is -1.92. The number of hydrogen-bond donors (Lipinski definition) is 2. The summed E-state index contributed by atoms with van der Waals surface area (Å²) >= 11 is 0. The van der Waals surface area contributed by atoms with Gasteiger partial charge in [-0.05, 0) is 31.0 Å². The van der Waals surface area contributed by atoms with Gasteiger partial charge in [-0.1, -0.05) is 37.6 Å². The first-order valence-corrected chi connectivity index (χ1v) is 8.77. The maximum Gasteiger partial charge on any atom is 0.252 e. The van der Waals surface area contributed by atoms with Crippen LogP contribution in [0.25, 0.3) is 0 Å². The van der Waals surface area contributed by atoms with Crippen LogP contribution in [0.1, 0.15) is 31.0 Å². The molecule has 0 radical (unpaired) electrons. The summed E-state index contributed by atoms with van der Waals surface area (Å²) in [6.45, 7) is 2.06. The molecule has 2 aromatic rings. The number of aryl methyl sites for hydroxylation is 1. The van der Waals surface area contributed by atoms with E-state index in [9.17, 15) is 13.2 Å². The van der Waals surface area contributed by atoms with Gasteiger partial charge in [0, 0.05) is 17.8 Å². The molecule has 0 bridgehead atoms. The fourth-order valence-electron chi connectivity index (χ4n) is 2.05. The zero-order valence-electron chi connectivity index (χ0n) is 12.5. The highest BCUT2D eigenvalue weighted by Gasteiger charge is 2.13. The molecular weight excluding hydrogens is 300 g/mol. The number of unbranched alkanes of at least 4 members (excludes halogenated alkanes) is 1. The number of aromatic nitrogens is 1. The number of pyridine rings is 1. The average Bonchev–Trinajstić information content (AvgIpc) is 2.53. The largest absolute Gasteiger partial charge is 0.326 e. The Morgan fingerprint density at radius 1 is 1.09 bits per heavy atom. The van der Waals surface area contributed by atoms with Crippen LogP contribution in [-0.4, -0.2) is 13.4 Å². The molecule has 2 rings (SSSR count). The van der Waals surface area contributed by atoms with Crippen LogP contribution in [0.4, 0.5) is 0 Å². The summed E-state index contributed by atoms with van der Waals surface area (Å²) in [6.07, 6.45) is 2.89. The third-order valence-corrected chi connectivity index (χ3v) is 4.77. The quantitative estimate of drug-likeness (QED) is 0.821. The lowest BCUT2D eigenvalue weighted by Crippen LogP contribution is -2.27. The van der Waals surface area contributed by atoms with Crippen LogP contribution in [0.5, 0.6) is 0 Å². The second-order valence-corrected chi connectivity index (χ2v) is 6.85. The number of benzene rings is 1. The fraction of sp³-hybridized carbons (Fsp3) is 0.312. The van der Waals surface area contributed by atoms with Crippen LogP contribution >= 0.6 is 0 Å². The van der Waals surface area contributed by atoms with Gasteiger partial charge in [0.1, 0.15) is 0 Å². The molecule has 0 spiro atoms. The van der Waals surface area contributed by atoms with Gasteiger partial charge in [-0.2, -0.15) is 0 Å². The summed E-state index contributed by atoms with van der Waals surface area (Å²) in [5, 5.41) is 0. The highest BCUT2D eigenvalue weighted by Crippen LogP contribution is 2.08. The molecule has 118 valence electrons. The van der Waals surface area contributed by atoms with Crippen molar-refractivity contribution >= 4 is 10.0 Å². The maximum atomic E-state index is 12.1. The van der Waals surface area contributed by atoms with Gasteiger partial charge in [-0.3, -0.25) is 4.79 Å². The molecule has 2 N–H and O–H groups in total. The summed E-state index contributed by atoms with van der Waals surface area (Å²) in [4.78, 5) is 14.9. The molecular formula is C16H20N2O3S. The van der Waals surface area contributed by atoms with E-state index < -0.39 is 10.0 Å². The number of nitrogens with one attached hydrogen (secondary N) is 2. The van der Waals surface area contributed by atoms with Crippen molar-refractivity contribution in [2.75, 3.05) is 0 Å². The number of aromatic amines is 1. The van der Waals surface area contributed by atoms with E-state index in [1.807, 2.05) is 6.07 Å². The first-order valence-electron chi connectivity index (χ1n) is 7.28. The molecule has 0 unspecified atom stereocenters. The van der Waals surface area contributed by atoms with E-state index in [0.29, 0.717) is 5.56 Å². The van der Waals surface area contributed by atoms with Crippen molar-refractivity contribution < 1.29 is 8.42 Å². The number of hydrogen-bond acceptors (Lipinski definition) is 3. The second kappa shape index (κ2) is 7.38. The highest BCUT2D eigenvalue weighted by atomic mass is 32.2. The molecule has 0 saturated heterocycles. The predicted octanol–water partition coefficient (Wildman–Crippen LogP) is 2.20. The lowest BCUT2D eigenvalue weighted by atomic mass is 10.1. The predicted molar refractivity (Wildman–Crippen MR) is 86.1 cm³/mol. The average molecular weight is 320 g/mol. The summed E-state index contributed by atoms with van der Waals surface area (Å²) in [5.41, 5.74) is 1.03. The van der Waals surface area contributed by atoms with E-state index in [-0.39, 0.29) is 17.0 Å². The normalized spacial score (nSPS) is 11.5. The van der Waals surface area contributed by atoms with Crippen molar-refractivity contribution in [2.45, 2.75) is 37.6 Å². The number of sulfonamides is 1. The van der Waals surface area contributed by atoms with Gasteiger partial charge in [0.25, 0.3) is 5.56 Å². The molecule has 0 aliphatic carbocycles. The smallest absolute Gasteiger partial charge is 0.252 e. The summed E-state index contributed by atoms with van der Waals surface area (Å²) in [7, 11) is -3.60. The molecule has 0 fully saturated rings. The minimum Gasteiger partial charge on any atom is -0.326 e. The lowest BCUT2D eigenvalue weighted by molar-refractivity contribution is 0.581. The fourth-order valence-corrected chi connectivity index (χ4v) is 3.08. The third kappa shape index (κ3) is 4.29. The Bertz CT molecular complexity index is 767. The van der Waals surface area contributed by atoms with Crippen LogP contribution < -0.4 is 10.3 Å². The van der Waals surface area contributed by atoms with Gasteiger partial charge in [-0.25, -0.2) is 13.1 Å². The minimum absolute atomic E-state index is 0.0272. The SMILES string of the molecule is CCCCc1ccc(CNS(=O)(=O)c2ccccc2)c(=O)[nH]1. The van der Waals surface area contributed by atoms with Crippen molar-refractivity contribution in [3.05, 3.63) is 64.1 Å². The van der Waals surface area contributed by atoms with Gasteiger partial charge >= 0.3 is 0 Å². The topological polar surface area (TPSA) is 79.0 Å². The third-order valence-electron chi connectivity index (χ3n) is 3.36. The van der Waals surface area contributed by atoms with Crippen LogP contribution in [-0.2, 0) is 23.0 Å². The Balaban J connectivity index is 2.07. The lowest BCUT2D eigenvalue weighted by Gasteiger charge is -2.07. The molecule has 6 heteroatoms. The monoisotopic (exact) mass is 320 g/mol. The van der Waals surface area contributed by atoms with Crippen molar-refractivity contribution in [3.63, 3.8) is 0 Å². The minimum atomic E-state index is -3.60. The van der Waals surface area contributed by atoms with Crippen LogP contribution in [0.15, 0.2) is 52.2 Å².